The summed E-state index contributed by atoms with van der Waals surface area (Å²) >= 11 is 0. The molecule has 2 aromatic rings. The van der Waals surface area contributed by atoms with Crippen LogP contribution < -0.4 is 14.8 Å². The van der Waals surface area contributed by atoms with Gasteiger partial charge in [0, 0.05) is 25.7 Å². The van der Waals surface area contributed by atoms with E-state index >= 15 is 0 Å². The number of benzene rings is 2. The number of nitrogens with zero attached hydrogens (tertiary/aromatic N) is 2. The van der Waals surface area contributed by atoms with Gasteiger partial charge in [-0.1, -0.05) is 18.2 Å². The van der Waals surface area contributed by atoms with Gasteiger partial charge in [-0.2, -0.15) is 0 Å². The van der Waals surface area contributed by atoms with E-state index in [-0.39, 0.29) is 24.6 Å². The highest BCUT2D eigenvalue weighted by Crippen LogP contribution is 2.32. The highest BCUT2D eigenvalue weighted by molar-refractivity contribution is 5.74. The van der Waals surface area contributed by atoms with E-state index in [2.05, 4.69) is 5.32 Å². The number of non-ortho nitro benzene ring substituents is 1. The third-order valence-electron chi connectivity index (χ3n) is 4.35. The number of rotatable bonds is 5. The molecule has 0 spiro atoms. The fraction of sp³-hybridized carbons (Fsp3) is 0.278. The number of ether oxygens (including phenoxy) is 2. The van der Waals surface area contributed by atoms with Gasteiger partial charge in [0.15, 0.2) is 11.5 Å². The van der Waals surface area contributed by atoms with Gasteiger partial charge >= 0.3 is 6.03 Å². The van der Waals surface area contributed by atoms with Gasteiger partial charge in [-0.05, 0) is 30.2 Å². The van der Waals surface area contributed by atoms with Gasteiger partial charge in [0.2, 0.25) is 6.79 Å². The van der Waals surface area contributed by atoms with Gasteiger partial charge in [0.1, 0.15) is 0 Å². The van der Waals surface area contributed by atoms with Gasteiger partial charge in [0.25, 0.3) is 5.69 Å². The standard InChI is InChI=1S/C18H19N3O5/c1-12(14-4-3-5-15(9-14)21(23)24)20(2)18(22)19-10-13-6-7-16-17(8-13)26-11-25-16/h3-9,12H,10-11H2,1-2H3,(H,19,22). The summed E-state index contributed by atoms with van der Waals surface area (Å²) < 4.78 is 10.6. The van der Waals surface area contributed by atoms with Crippen LogP contribution >= 0.6 is 0 Å². The van der Waals surface area contributed by atoms with Crippen LogP contribution in [0.2, 0.25) is 0 Å². The molecule has 3 rings (SSSR count). The summed E-state index contributed by atoms with van der Waals surface area (Å²) in [5.41, 5.74) is 1.59. The SMILES string of the molecule is CC(c1cccc([N+](=O)[O-])c1)N(C)C(=O)NCc1ccc2c(c1)OCO2. The van der Waals surface area contributed by atoms with Crippen molar-refractivity contribution < 1.29 is 19.2 Å². The first kappa shape index (κ1) is 17.5. The third kappa shape index (κ3) is 3.69. The zero-order chi connectivity index (χ0) is 18.7. The van der Waals surface area contributed by atoms with E-state index in [9.17, 15) is 14.9 Å². The van der Waals surface area contributed by atoms with E-state index < -0.39 is 4.92 Å². The van der Waals surface area contributed by atoms with Crippen molar-refractivity contribution in [1.29, 1.82) is 0 Å². The van der Waals surface area contributed by atoms with Crippen molar-refractivity contribution in [1.82, 2.24) is 10.2 Å². The number of nitro groups is 1. The molecule has 8 nitrogen and oxygen atoms in total. The lowest BCUT2D eigenvalue weighted by Gasteiger charge is -2.25. The Balaban J connectivity index is 1.62. The van der Waals surface area contributed by atoms with Gasteiger partial charge in [-0.25, -0.2) is 4.79 Å². The number of urea groups is 1. The molecule has 1 aliphatic heterocycles. The summed E-state index contributed by atoms with van der Waals surface area (Å²) in [6, 6.07) is 11.2. The number of hydrogen-bond donors (Lipinski definition) is 1. The number of carbonyl (C=O) groups is 1. The smallest absolute Gasteiger partial charge is 0.317 e. The van der Waals surface area contributed by atoms with Crippen molar-refractivity contribution in [2.75, 3.05) is 13.8 Å². The van der Waals surface area contributed by atoms with Crippen LogP contribution in [0.1, 0.15) is 24.1 Å². The molecule has 0 aliphatic carbocycles. The first-order valence-corrected chi connectivity index (χ1v) is 8.09. The Labute approximate surface area is 150 Å². The lowest BCUT2D eigenvalue weighted by molar-refractivity contribution is -0.384. The topological polar surface area (TPSA) is 93.9 Å². The summed E-state index contributed by atoms with van der Waals surface area (Å²) in [5, 5.41) is 13.7. The van der Waals surface area contributed by atoms with Crippen LogP contribution in [0.25, 0.3) is 0 Å². The van der Waals surface area contributed by atoms with Crippen LogP contribution in [-0.4, -0.2) is 29.7 Å². The van der Waals surface area contributed by atoms with Crippen molar-refractivity contribution in [3.63, 3.8) is 0 Å². The molecule has 2 aromatic carbocycles. The van der Waals surface area contributed by atoms with E-state index in [1.165, 1.54) is 17.0 Å². The molecule has 1 heterocycles. The molecule has 0 bridgehead atoms. The lowest BCUT2D eigenvalue weighted by Crippen LogP contribution is -2.38. The van der Waals surface area contributed by atoms with E-state index in [1.807, 2.05) is 19.1 Å². The van der Waals surface area contributed by atoms with Crippen molar-refractivity contribution in [2.45, 2.75) is 19.5 Å². The maximum Gasteiger partial charge on any atom is 0.317 e. The van der Waals surface area contributed by atoms with Crippen molar-refractivity contribution in [2.24, 2.45) is 0 Å². The summed E-state index contributed by atoms with van der Waals surface area (Å²) in [5.74, 6) is 1.35. The molecule has 1 aliphatic rings. The Hall–Kier alpha value is -3.29. The second kappa shape index (κ2) is 7.30. The zero-order valence-electron chi connectivity index (χ0n) is 14.5. The molecule has 0 saturated heterocycles. The molecule has 136 valence electrons. The van der Waals surface area contributed by atoms with Crippen molar-refractivity contribution in [3.8, 4) is 11.5 Å². The molecule has 0 aromatic heterocycles. The first-order valence-electron chi connectivity index (χ1n) is 8.09. The zero-order valence-corrected chi connectivity index (χ0v) is 14.5. The van der Waals surface area contributed by atoms with Gasteiger partial charge in [-0.3, -0.25) is 10.1 Å². The second-order valence-corrected chi connectivity index (χ2v) is 5.99. The van der Waals surface area contributed by atoms with Crippen molar-refractivity contribution in [3.05, 3.63) is 63.7 Å². The highest BCUT2D eigenvalue weighted by atomic mass is 16.7. The Bertz CT molecular complexity index is 839. The number of nitrogens with one attached hydrogen (secondary N) is 1. The molecule has 2 amide bonds. The number of nitro benzene ring substituents is 1. The summed E-state index contributed by atoms with van der Waals surface area (Å²) in [6.45, 7) is 2.36. The number of hydrogen-bond acceptors (Lipinski definition) is 5. The summed E-state index contributed by atoms with van der Waals surface area (Å²) in [7, 11) is 1.65. The van der Waals surface area contributed by atoms with Crippen molar-refractivity contribution >= 4 is 11.7 Å². The molecule has 1 atom stereocenters. The summed E-state index contributed by atoms with van der Waals surface area (Å²) in [6.07, 6.45) is 0. The monoisotopic (exact) mass is 357 g/mol. The Kier molecular flexibility index (Phi) is 4.92. The molecular formula is C18H19N3O5. The van der Waals surface area contributed by atoms with E-state index in [4.69, 9.17) is 9.47 Å². The predicted octanol–water partition coefficient (Wildman–Crippen LogP) is 3.23. The molecule has 8 heteroatoms. The van der Waals surface area contributed by atoms with E-state index in [0.29, 0.717) is 23.6 Å². The maximum atomic E-state index is 12.4. The van der Waals surface area contributed by atoms with E-state index in [0.717, 1.165) is 5.56 Å². The fourth-order valence-electron chi connectivity index (χ4n) is 2.65. The fourth-order valence-corrected chi connectivity index (χ4v) is 2.65. The molecule has 0 saturated carbocycles. The van der Waals surface area contributed by atoms with Crippen LogP contribution in [0.15, 0.2) is 42.5 Å². The second-order valence-electron chi connectivity index (χ2n) is 5.99. The van der Waals surface area contributed by atoms with E-state index in [1.54, 1.807) is 25.2 Å². The third-order valence-corrected chi connectivity index (χ3v) is 4.35. The molecule has 1 N–H and O–H groups in total. The van der Waals surface area contributed by atoms with Gasteiger partial charge in [0.05, 0.1) is 11.0 Å². The Morgan fingerprint density at radius 2 is 2.04 bits per heavy atom. The molecular weight excluding hydrogens is 338 g/mol. The average Bonchev–Trinajstić information content (AvgIpc) is 3.12. The largest absolute Gasteiger partial charge is 0.454 e. The number of fused-ring (bicyclic) bond motifs is 1. The quantitative estimate of drug-likeness (QED) is 0.655. The van der Waals surface area contributed by atoms with Crippen LogP contribution in [0, 0.1) is 10.1 Å². The molecule has 1 unspecified atom stereocenters. The van der Waals surface area contributed by atoms with Gasteiger partial charge < -0.3 is 19.7 Å². The minimum absolute atomic E-state index is 0.00326. The van der Waals surface area contributed by atoms with Crippen LogP contribution in [-0.2, 0) is 6.54 Å². The highest BCUT2D eigenvalue weighted by Gasteiger charge is 2.19. The van der Waals surface area contributed by atoms with Crippen LogP contribution in [0.4, 0.5) is 10.5 Å². The minimum atomic E-state index is -0.448. The van der Waals surface area contributed by atoms with Gasteiger partial charge in [-0.15, -0.1) is 0 Å². The lowest BCUT2D eigenvalue weighted by atomic mass is 10.1. The molecule has 0 radical (unpaired) electrons. The predicted molar refractivity (Wildman–Crippen MR) is 94.1 cm³/mol. The van der Waals surface area contributed by atoms with Crippen LogP contribution in [0.3, 0.4) is 0 Å². The normalized spacial score (nSPS) is 13.2. The average molecular weight is 357 g/mol. The minimum Gasteiger partial charge on any atom is -0.454 e. The number of amides is 2. The Morgan fingerprint density at radius 3 is 2.81 bits per heavy atom. The molecule has 26 heavy (non-hydrogen) atoms. The maximum absolute atomic E-state index is 12.4. The molecule has 0 fully saturated rings. The van der Waals surface area contributed by atoms with Crippen LogP contribution in [0.5, 0.6) is 11.5 Å². The number of carbonyl (C=O) groups excluding carboxylic acids is 1. The first-order chi connectivity index (χ1) is 12.5. The summed E-state index contributed by atoms with van der Waals surface area (Å²) in [4.78, 5) is 24.4. The Morgan fingerprint density at radius 1 is 1.27 bits per heavy atom.